The van der Waals surface area contributed by atoms with Crippen LogP contribution in [0.5, 0.6) is 5.75 Å². The van der Waals surface area contributed by atoms with Gasteiger partial charge in [0.1, 0.15) is 11.3 Å². The van der Waals surface area contributed by atoms with Gasteiger partial charge in [0, 0.05) is 0 Å². The number of hydrogen-bond donors (Lipinski definition) is 0. The molecule has 0 spiro atoms. The number of ether oxygens (including phenoxy) is 2. The third kappa shape index (κ3) is 3.92. The van der Waals surface area contributed by atoms with E-state index in [1.54, 1.807) is 54.6 Å². The lowest BCUT2D eigenvalue weighted by molar-refractivity contribution is 0.0394. The second-order valence-electron chi connectivity index (χ2n) is 4.71. The molecule has 0 amide bonds. The van der Waals surface area contributed by atoms with Crippen molar-refractivity contribution >= 4 is 11.9 Å². The molecule has 0 bridgehead atoms. The number of benzene rings is 2. The second-order valence-corrected chi connectivity index (χ2v) is 4.71. The molecule has 0 heterocycles. The third-order valence-corrected chi connectivity index (χ3v) is 2.66. The van der Waals surface area contributed by atoms with Gasteiger partial charge in [-0.25, -0.2) is 9.59 Å². The van der Waals surface area contributed by atoms with E-state index < -0.39 is 11.9 Å². The Bertz CT molecular complexity index is 632. The highest BCUT2D eigenvalue weighted by Gasteiger charge is 2.18. The van der Waals surface area contributed by atoms with Gasteiger partial charge in [-0.05, 0) is 38.1 Å². The van der Waals surface area contributed by atoms with Crippen LogP contribution in [0.3, 0.4) is 0 Å². The number of esters is 2. The molecule has 0 unspecified atom stereocenters. The number of hydrogen-bond acceptors (Lipinski definition) is 4. The van der Waals surface area contributed by atoms with Crippen LogP contribution < -0.4 is 4.74 Å². The van der Waals surface area contributed by atoms with Crippen LogP contribution in [0, 0.1) is 0 Å². The molecule has 2 aromatic rings. The van der Waals surface area contributed by atoms with E-state index in [-0.39, 0.29) is 11.7 Å². The Labute approximate surface area is 123 Å². The van der Waals surface area contributed by atoms with Crippen molar-refractivity contribution in [3.05, 3.63) is 65.7 Å². The summed E-state index contributed by atoms with van der Waals surface area (Å²) in [5.74, 6) is -1.00. The Morgan fingerprint density at radius 2 is 1.48 bits per heavy atom. The quantitative estimate of drug-likeness (QED) is 0.637. The highest BCUT2D eigenvalue weighted by Crippen LogP contribution is 2.20. The molecular formula is C17H16O4. The molecular weight excluding hydrogens is 268 g/mol. The fourth-order valence-corrected chi connectivity index (χ4v) is 1.76. The summed E-state index contributed by atoms with van der Waals surface area (Å²) >= 11 is 0. The van der Waals surface area contributed by atoms with Gasteiger partial charge in [-0.2, -0.15) is 0 Å². The van der Waals surface area contributed by atoms with E-state index in [0.29, 0.717) is 11.3 Å². The molecule has 0 N–H and O–H groups in total. The molecule has 21 heavy (non-hydrogen) atoms. The summed E-state index contributed by atoms with van der Waals surface area (Å²) in [6.45, 7) is 3.72. The molecule has 0 aromatic heterocycles. The summed E-state index contributed by atoms with van der Waals surface area (Å²) in [4.78, 5) is 24.0. The van der Waals surface area contributed by atoms with Crippen molar-refractivity contribution < 1.29 is 19.1 Å². The molecule has 108 valence electrons. The molecule has 4 heteroatoms. The van der Waals surface area contributed by atoms with Gasteiger partial charge < -0.3 is 9.47 Å². The van der Waals surface area contributed by atoms with E-state index in [2.05, 4.69) is 0 Å². The van der Waals surface area contributed by atoms with Crippen LogP contribution in [0.15, 0.2) is 54.6 Å². The van der Waals surface area contributed by atoms with Crippen molar-refractivity contribution in [2.24, 2.45) is 0 Å². The Morgan fingerprint density at radius 3 is 2.14 bits per heavy atom. The average Bonchev–Trinajstić information content (AvgIpc) is 2.48. The molecule has 0 atom stereocenters. The first-order chi connectivity index (χ1) is 10.1. The fourth-order valence-electron chi connectivity index (χ4n) is 1.76. The minimum atomic E-state index is -0.722. The zero-order valence-corrected chi connectivity index (χ0v) is 11.9. The van der Waals surface area contributed by atoms with Crippen LogP contribution >= 0.6 is 0 Å². The maximum Gasteiger partial charge on any atom is 0.349 e. The zero-order chi connectivity index (χ0) is 15.2. The van der Waals surface area contributed by atoms with Gasteiger partial charge in [0.25, 0.3) is 0 Å². The Hall–Kier alpha value is -2.62. The molecule has 0 saturated carbocycles. The van der Waals surface area contributed by atoms with Crippen molar-refractivity contribution in [2.45, 2.75) is 20.0 Å². The van der Waals surface area contributed by atoms with E-state index in [9.17, 15) is 9.59 Å². The molecule has 0 aliphatic carbocycles. The van der Waals surface area contributed by atoms with E-state index in [1.807, 2.05) is 13.8 Å². The molecule has 0 aliphatic rings. The summed E-state index contributed by atoms with van der Waals surface area (Å²) in [5, 5.41) is 0. The maximum absolute atomic E-state index is 12.1. The monoisotopic (exact) mass is 284 g/mol. The second kappa shape index (κ2) is 6.70. The predicted octanol–water partition coefficient (Wildman–Crippen LogP) is 3.47. The topological polar surface area (TPSA) is 52.6 Å². The van der Waals surface area contributed by atoms with Crippen LogP contribution in [0.4, 0.5) is 0 Å². The SMILES string of the molecule is CC(C)Oc1ccccc1C(=O)OC(=O)c1ccccc1. The lowest BCUT2D eigenvalue weighted by Crippen LogP contribution is -2.15. The summed E-state index contributed by atoms with van der Waals surface area (Å²) in [7, 11) is 0. The van der Waals surface area contributed by atoms with Crippen LogP contribution in [0.1, 0.15) is 34.6 Å². The number of carbonyl (C=O) groups excluding carboxylic acids is 2. The highest BCUT2D eigenvalue weighted by atomic mass is 16.6. The van der Waals surface area contributed by atoms with Crippen LogP contribution in [-0.4, -0.2) is 18.0 Å². The first-order valence-electron chi connectivity index (χ1n) is 6.65. The molecule has 0 aliphatic heterocycles. The third-order valence-electron chi connectivity index (χ3n) is 2.66. The van der Waals surface area contributed by atoms with Crippen molar-refractivity contribution in [1.82, 2.24) is 0 Å². The van der Waals surface area contributed by atoms with Crippen LogP contribution in [0.2, 0.25) is 0 Å². The molecule has 4 nitrogen and oxygen atoms in total. The van der Waals surface area contributed by atoms with E-state index in [0.717, 1.165) is 0 Å². The largest absolute Gasteiger partial charge is 0.490 e. The number of rotatable bonds is 4. The van der Waals surface area contributed by atoms with Gasteiger partial charge >= 0.3 is 11.9 Å². The number of para-hydroxylation sites is 1. The summed E-state index contributed by atoms with van der Waals surface area (Å²) in [6, 6.07) is 15.1. The molecule has 0 radical (unpaired) electrons. The summed E-state index contributed by atoms with van der Waals surface area (Å²) < 4.78 is 10.4. The standard InChI is InChI=1S/C17H16O4/c1-12(2)20-15-11-7-6-10-14(15)17(19)21-16(18)13-8-4-3-5-9-13/h3-12H,1-2H3. The first-order valence-corrected chi connectivity index (χ1v) is 6.65. The minimum Gasteiger partial charge on any atom is -0.490 e. The van der Waals surface area contributed by atoms with E-state index in [4.69, 9.17) is 9.47 Å². The summed E-state index contributed by atoms with van der Waals surface area (Å²) in [6.07, 6.45) is -0.0798. The van der Waals surface area contributed by atoms with Crippen molar-refractivity contribution in [3.63, 3.8) is 0 Å². The molecule has 0 saturated heterocycles. The van der Waals surface area contributed by atoms with Crippen molar-refractivity contribution in [1.29, 1.82) is 0 Å². The van der Waals surface area contributed by atoms with Gasteiger partial charge in [0.05, 0.1) is 11.7 Å². The molecule has 0 fully saturated rings. The fraction of sp³-hybridized carbons (Fsp3) is 0.176. The minimum absolute atomic E-state index is 0.0798. The van der Waals surface area contributed by atoms with Gasteiger partial charge in [-0.3, -0.25) is 0 Å². The van der Waals surface area contributed by atoms with Crippen molar-refractivity contribution in [3.8, 4) is 5.75 Å². The Morgan fingerprint density at radius 1 is 0.857 bits per heavy atom. The zero-order valence-electron chi connectivity index (χ0n) is 11.9. The predicted molar refractivity (Wildman–Crippen MR) is 78.4 cm³/mol. The number of carbonyl (C=O) groups is 2. The van der Waals surface area contributed by atoms with Gasteiger partial charge in [0.15, 0.2) is 0 Å². The molecule has 2 rings (SSSR count). The van der Waals surface area contributed by atoms with Gasteiger partial charge in [0.2, 0.25) is 0 Å². The van der Waals surface area contributed by atoms with Crippen molar-refractivity contribution in [2.75, 3.05) is 0 Å². The van der Waals surface area contributed by atoms with Crippen LogP contribution in [0.25, 0.3) is 0 Å². The highest BCUT2D eigenvalue weighted by molar-refractivity contribution is 6.03. The van der Waals surface area contributed by atoms with E-state index in [1.165, 1.54) is 0 Å². The van der Waals surface area contributed by atoms with Gasteiger partial charge in [-0.1, -0.05) is 30.3 Å². The Balaban J connectivity index is 2.16. The average molecular weight is 284 g/mol. The van der Waals surface area contributed by atoms with E-state index >= 15 is 0 Å². The summed E-state index contributed by atoms with van der Waals surface area (Å²) in [5.41, 5.74) is 0.559. The normalized spacial score (nSPS) is 10.2. The first kappa shape index (κ1) is 14.8. The Kier molecular flexibility index (Phi) is 4.72. The molecule has 2 aromatic carbocycles. The lowest BCUT2D eigenvalue weighted by Gasteiger charge is -2.13. The smallest absolute Gasteiger partial charge is 0.349 e. The van der Waals surface area contributed by atoms with Crippen LogP contribution in [-0.2, 0) is 4.74 Å². The van der Waals surface area contributed by atoms with Gasteiger partial charge in [-0.15, -0.1) is 0 Å². The maximum atomic E-state index is 12.1. The lowest BCUT2D eigenvalue weighted by atomic mass is 10.2.